The van der Waals surface area contributed by atoms with Gasteiger partial charge >= 0.3 is 0 Å². The van der Waals surface area contributed by atoms with Crippen LogP contribution < -0.4 is 5.73 Å². The van der Waals surface area contributed by atoms with E-state index in [1.807, 2.05) is 0 Å². The lowest BCUT2D eigenvalue weighted by Gasteiger charge is -2.23. The van der Waals surface area contributed by atoms with E-state index in [9.17, 15) is 12.8 Å². The van der Waals surface area contributed by atoms with Gasteiger partial charge in [0.05, 0.1) is 4.90 Å². The molecule has 96 valence electrons. The molecule has 1 aromatic rings. The number of likely N-dealkylation sites (N-methyl/N-ethyl adjacent to an activating group) is 1. The molecule has 6 heteroatoms. The Bertz CT molecular complexity index is 502. The summed E-state index contributed by atoms with van der Waals surface area (Å²) in [7, 11) is -2.25. The van der Waals surface area contributed by atoms with Gasteiger partial charge in [-0.15, -0.1) is 0 Å². The summed E-state index contributed by atoms with van der Waals surface area (Å²) in [5.74, 6) is -0.528. The molecule has 0 heterocycles. The van der Waals surface area contributed by atoms with Gasteiger partial charge in [0.15, 0.2) is 0 Å². The maximum Gasteiger partial charge on any atom is 0.243 e. The monoisotopic (exact) mass is 260 g/mol. The molecular formula is C11H17FN2O2S. The van der Waals surface area contributed by atoms with Crippen molar-refractivity contribution in [3.05, 3.63) is 29.6 Å². The van der Waals surface area contributed by atoms with Gasteiger partial charge in [-0.05, 0) is 26.0 Å². The maximum atomic E-state index is 13.3. The number of hydrogen-bond acceptors (Lipinski definition) is 3. The maximum absolute atomic E-state index is 13.3. The third kappa shape index (κ3) is 2.65. The minimum atomic E-state index is -3.69. The Kier molecular flexibility index (Phi) is 4.24. The van der Waals surface area contributed by atoms with Gasteiger partial charge in [0, 0.05) is 25.2 Å². The van der Waals surface area contributed by atoms with Crippen LogP contribution in [-0.4, -0.2) is 32.4 Å². The third-order valence-corrected chi connectivity index (χ3v) is 4.95. The first-order chi connectivity index (χ1) is 7.82. The van der Waals surface area contributed by atoms with E-state index in [2.05, 4.69) is 0 Å². The zero-order valence-electron chi connectivity index (χ0n) is 10.1. The highest BCUT2D eigenvalue weighted by Gasteiger charge is 2.26. The zero-order chi connectivity index (χ0) is 13.2. The predicted molar refractivity (Wildman–Crippen MR) is 64.6 cm³/mol. The van der Waals surface area contributed by atoms with Crippen molar-refractivity contribution in [1.82, 2.24) is 4.31 Å². The fourth-order valence-electron chi connectivity index (χ4n) is 1.41. The summed E-state index contributed by atoms with van der Waals surface area (Å²) >= 11 is 0. The molecule has 1 aromatic carbocycles. The second-order valence-electron chi connectivity index (χ2n) is 3.97. The Labute approximate surface area is 101 Å². The van der Waals surface area contributed by atoms with E-state index in [0.29, 0.717) is 0 Å². The summed E-state index contributed by atoms with van der Waals surface area (Å²) in [4.78, 5) is -0.0136. The SMILES string of the molecule is Cc1c(F)cccc1S(=O)(=O)N(C)C(C)CN. The Morgan fingerprint density at radius 3 is 2.59 bits per heavy atom. The Morgan fingerprint density at radius 1 is 1.47 bits per heavy atom. The Morgan fingerprint density at radius 2 is 2.06 bits per heavy atom. The quantitative estimate of drug-likeness (QED) is 0.881. The molecule has 1 rings (SSSR count). The summed E-state index contributed by atoms with van der Waals surface area (Å²) < 4.78 is 38.9. The number of hydrogen-bond donors (Lipinski definition) is 1. The molecule has 1 atom stereocenters. The fraction of sp³-hybridized carbons (Fsp3) is 0.455. The van der Waals surface area contributed by atoms with Gasteiger partial charge in [-0.1, -0.05) is 6.07 Å². The number of nitrogens with zero attached hydrogens (tertiary/aromatic N) is 1. The molecule has 0 aliphatic rings. The van der Waals surface area contributed by atoms with E-state index in [-0.39, 0.29) is 23.0 Å². The van der Waals surface area contributed by atoms with Crippen LogP contribution >= 0.6 is 0 Å². The van der Waals surface area contributed by atoms with Crippen LogP contribution in [0.3, 0.4) is 0 Å². The number of halogens is 1. The smallest absolute Gasteiger partial charge is 0.243 e. The standard InChI is InChI=1S/C11H17FN2O2S/c1-8(7-13)14(3)17(15,16)11-6-4-5-10(12)9(11)2/h4-6,8H,7,13H2,1-3H3. The van der Waals surface area contributed by atoms with Gasteiger partial charge in [-0.3, -0.25) is 0 Å². The minimum Gasteiger partial charge on any atom is -0.329 e. The highest BCUT2D eigenvalue weighted by molar-refractivity contribution is 7.89. The van der Waals surface area contributed by atoms with Gasteiger partial charge in [0.2, 0.25) is 10.0 Å². The third-order valence-electron chi connectivity index (χ3n) is 2.84. The second-order valence-corrected chi connectivity index (χ2v) is 5.93. The van der Waals surface area contributed by atoms with Crippen LogP contribution in [-0.2, 0) is 10.0 Å². The highest BCUT2D eigenvalue weighted by atomic mass is 32.2. The van der Waals surface area contributed by atoms with Crippen LogP contribution in [0.1, 0.15) is 12.5 Å². The van der Waals surface area contributed by atoms with Crippen LogP contribution in [0.2, 0.25) is 0 Å². The molecule has 4 nitrogen and oxygen atoms in total. The largest absolute Gasteiger partial charge is 0.329 e. The molecule has 0 spiro atoms. The Hall–Kier alpha value is -0.980. The molecule has 0 saturated carbocycles. The van der Waals surface area contributed by atoms with E-state index in [1.54, 1.807) is 6.92 Å². The van der Waals surface area contributed by atoms with Crippen LogP contribution in [0.15, 0.2) is 23.1 Å². The number of benzene rings is 1. The van der Waals surface area contributed by atoms with Crippen molar-refractivity contribution in [3.63, 3.8) is 0 Å². The summed E-state index contributed by atoms with van der Waals surface area (Å²) in [5, 5.41) is 0. The fourth-order valence-corrected chi connectivity index (χ4v) is 3.01. The van der Waals surface area contributed by atoms with Crippen molar-refractivity contribution in [2.75, 3.05) is 13.6 Å². The van der Waals surface area contributed by atoms with Gasteiger partial charge in [-0.2, -0.15) is 4.31 Å². The second kappa shape index (κ2) is 5.12. The normalized spacial score (nSPS) is 14.0. The Balaban J connectivity index is 3.27. The van der Waals surface area contributed by atoms with Crippen molar-refractivity contribution in [1.29, 1.82) is 0 Å². The van der Waals surface area contributed by atoms with Crippen LogP contribution in [0.5, 0.6) is 0 Å². The number of nitrogens with two attached hydrogens (primary N) is 1. The highest BCUT2D eigenvalue weighted by Crippen LogP contribution is 2.21. The number of rotatable bonds is 4. The molecule has 0 radical (unpaired) electrons. The molecule has 2 N–H and O–H groups in total. The molecule has 0 saturated heterocycles. The van der Waals surface area contributed by atoms with Crippen molar-refractivity contribution in [2.45, 2.75) is 24.8 Å². The van der Waals surface area contributed by atoms with Crippen LogP contribution in [0, 0.1) is 12.7 Å². The molecule has 17 heavy (non-hydrogen) atoms. The lowest BCUT2D eigenvalue weighted by atomic mass is 10.2. The first-order valence-electron chi connectivity index (χ1n) is 5.25. The molecule has 0 fully saturated rings. The van der Waals surface area contributed by atoms with Gasteiger partial charge in [-0.25, -0.2) is 12.8 Å². The van der Waals surface area contributed by atoms with Gasteiger partial charge < -0.3 is 5.73 Å². The summed E-state index contributed by atoms with van der Waals surface area (Å²) in [6.45, 7) is 3.36. The topological polar surface area (TPSA) is 63.4 Å². The zero-order valence-corrected chi connectivity index (χ0v) is 11.0. The summed E-state index contributed by atoms with van der Waals surface area (Å²) in [6, 6.07) is 3.69. The first-order valence-corrected chi connectivity index (χ1v) is 6.69. The average Bonchev–Trinajstić information content (AvgIpc) is 2.30. The van der Waals surface area contributed by atoms with E-state index in [0.717, 1.165) is 4.31 Å². The minimum absolute atomic E-state index is 0.0136. The predicted octanol–water partition coefficient (Wildman–Crippen LogP) is 1.10. The lowest BCUT2D eigenvalue weighted by molar-refractivity contribution is 0.394. The van der Waals surface area contributed by atoms with Gasteiger partial charge in [0.25, 0.3) is 0 Å². The summed E-state index contributed by atoms with van der Waals surface area (Å²) in [6.07, 6.45) is 0. The van der Waals surface area contributed by atoms with Gasteiger partial charge in [0.1, 0.15) is 5.82 Å². The van der Waals surface area contributed by atoms with Crippen LogP contribution in [0.4, 0.5) is 4.39 Å². The van der Waals surface area contributed by atoms with Crippen LogP contribution in [0.25, 0.3) is 0 Å². The van der Waals surface area contributed by atoms with Crippen molar-refractivity contribution >= 4 is 10.0 Å². The summed E-state index contributed by atoms with van der Waals surface area (Å²) in [5.41, 5.74) is 5.56. The van der Waals surface area contributed by atoms with E-state index in [1.165, 1.54) is 32.2 Å². The molecular weight excluding hydrogens is 243 g/mol. The molecule has 1 unspecified atom stereocenters. The van der Waals surface area contributed by atoms with Crippen molar-refractivity contribution in [2.24, 2.45) is 5.73 Å². The van der Waals surface area contributed by atoms with E-state index in [4.69, 9.17) is 5.73 Å². The van der Waals surface area contributed by atoms with Crippen molar-refractivity contribution in [3.8, 4) is 0 Å². The first kappa shape index (κ1) is 14.1. The van der Waals surface area contributed by atoms with E-state index < -0.39 is 15.8 Å². The average molecular weight is 260 g/mol. The molecule has 0 bridgehead atoms. The molecule has 0 aromatic heterocycles. The molecule has 0 aliphatic carbocycles. The van der Waals surface area contributed by atoms with Crippen molar-refractivity contribution < 1.29 is 12.8 Å². The lowest BCUT2D eigenvalue weighted by Crippen LogP contribution is -2.39. The molecule has 0 aliphatic heterocycles. The van der Waals surface area contributed by atoms with E-state index >= 15 is 0 Å². The number of sulfonamides is 1. The molecule has 0 amide bonds.